The van der Waals surface area contributed by atoms with Gasteiger partial charge in [-0.1, -0.05) is 30.3 Å². The first-order valence-electron chi connectivity index (χ1n) is 8.51. The normalized spacial score (nSPS) is 21.3. The molecular formula is C19H23ClN2O2. The Morgan fingerprint density at radius 3 is 2.54 bits per heavy atom. The molecule has 2 saturated heterocycles. The van der Waals surface area contributed by atoms with Crippen LogP contribution in [0.25, 0.3) is 0 Å². The van der Waals surface area contributed by atoms with Gasteiger partial charge in [-0.3, -0.25) is 9.59 Å². The number of benzene rings is 1. The van der Waals surface area contributed by atoms with E-state index in [0.29, 0.717) is 19.0 Å². The van der Waals surface area contributed by atoms with Crippen LogP contribution in [0.15, 0.2) is 36.9 Å². The lowest BCUT2D eigenvalue weighted by Crippen LogP contribution is -2.57. The Morgan fingerprint density at radius 1 is 1.17 bits per heavy atom. The van der Waals surface area contributed by atoms with Gasteiger partial charge in [0, 0.05) is 31.2 Å². The third-order valence-corrected chi connectivity index (χ3v) is 5.24. The average molecular weight is 347 g/mol. The van der Waals surface area contributed by atoms with Crippen molar-refractivity contribution in [2.75, 3.05) is 26.2 Å². The van der Waals surface area contributed by atoms with Crippen LogP contribution in [0.2, 0.25) is 5.02 Å². The molecule has 2 fully saturated rings. The summed E-state index contributed by atoms with van der Waals surface area (Å²) in [6.07, 6.45) is 4.49. The Bertz CT molecular complexity index is 623. The van der Waals surface area contributed by atoms with Gasteiger partial charge in [-0.25, -0.2) is 0 Å². The van der Waals surface area contributed by atoms with Crippen LogP contribution in [0.4, 0.5) is 0 Å². The topological polar surface area (TPSA) is 40.6 Å². The zero-order valence-electron chi connectivity index (χ0n) is 13.8. The number of halogens is 1. The van der Waals surface area contributed by atoms with Crippen molar-refractivity contribution in [1.29, 1.82) is 0 Å². The van der Waals surface area contributed by atoms with Gasteiger partial charge < -0.3 is 9.80 Å². The van der Waals surface area contributed by atoms with Gasteiger partial charge in [0.05, 0.1) is 5.92 Å². The van der Waals surface area contributed by atoms with E-state index in [9.17, 15) is 9.59 Å². The molecule has 0 aromatic heterocycles. The first kappa shape index (κ1) is 17.0. The van der Waals surface area contributed by atoms with E-state index in [4.69, 9.17) is 11.6 Å². The predicted octanol–water partition coefficient (Wildman–Crippen LogP) is 2.77. The number of rotatable bonds is 4. The van der Waals surface area contributed by atoms with E-state index >= 15 is 0 Å². The van der Waals surface area contributed by atoms with Crippen LogP contribution in [0.3, 0.4) is 0 Å². The molecule has 4 nitrogen and oxygen atoms in total. The Kier molecular flexibility index (Phi) is 5.24. The zero-order chi connectivity index (χ0) is 17.1. The van der Waals surface area contributed by atoms with Crippen LogP contribution in [-0.2, 0) is 16.0 Å². The number of amides is 2. The second-order valence-corrected chi connectivity index (χ2v) is 7.20. The van der Waals surface area contributed by atoms with Crippen molar-refractivity contribution in [1.82, 2.24) is 9.80 Å². The number of carbonyl (C=O) groups is 2. The zero-order valence-corrected chi connectivity index (χ0v) is 14.5. The molecule has 24 heavy (non-hydrogen) atoms. The summed E-state index contributed by atoms with van der Waals surface area (Å²) in [5, 5.41) is 0.753. The average Bonchev–Trinajstić information content (AvgIpc) is 2.55. The maximum Gasteiger partial charge on any atom is 0.246 e. The highest BCUT2D eigenvalue weighted by Gasteiger charge is 2.38. The van der Waals surface area contributed by atoms with Crippen molar-refractivity contribution in [2.45, 2.75) is 19.3 Å². The quantitative estimate of drug-likeness (QED) is 0.786. The summed E-state index contributed by atoms with van der Waals surface area (Å²) in [5.74, 6) is 0.570. The maximum atomic E-state index is 12.6. The molecule has 1 aromatic rings. The summed E-state index contributed by atoms with van der Waals surface area (Å²) >= 11 is 5.93. The van der Waals surface area contributed by atoms with Crippen molar-refractivity contribution >= 4 is 23.4 Å². The minimum Gasteiger partial charge on any atom is -0.342 e. The third-order valence-electron chi connectivity index (χ3n) is 4.99. The number of carbonyl (C=O) groups excluding carboxylic acids is 2. The molecule has 5 heteroatoms. The minimum absolute atomic E-state index is 0.0387. The Hall–Kier alpha value is -1.81. The highest BCUT2D eigenvalue weighted by atomic mass is 35.5. The van der Waals surface area contributed by atoms with Gasteiger partial charge in [-0.05, 0) is 49.0 Å². The Labute approximate surface area is 148 Å². The molecule has 0 bridgehead atoms. The lowest BCUT2D eigenvalue weighted by molar-refractivity contribution is -0.147. The number of hydrogen-bond acceptors (Lipinski definition) is 2. The molecule has 0 aliphatic carbocycles. The lowest BCUT2D eigenvalue weighted by atomic mass is 9.89. The molecular weight excluding hydrogens is 324 g/mol. The van der Waals surface area contributed by atoms with Crippen LogP contribution in [0, 0.1) is 11.8 Å². The second kappa shape index (κ2) is 7.39. The molecule has 2 aliphatic heterocycles. The van der Waals surface area contributed by atoms with Crippen LogP contribution < -0.4 is 0 Å². The third kappa shape index (κ3) is 3.81. The number of nitrogens with zero attached hydrogens (tertiary/aromatic N) is 2. The summed E-state index contributed by atoms with van der Waals surface area (Å²) in [4.78, 5) is 27.8. The predicted molar refractivity (Wildman–Crippen MR) is 94.7 cm³/mol. The van der Waals surface area contributed by atoms with Gasteiger partial charge in [0.25, 0.3) is 0 Å². The lowest BCUT2D eigenvalue weighted by Gasteiger charge is -2.42. The summed E-state index contributed by atoms with van der Waals surface area (Å²) in [5.41, 5.74) is 1.27. The van der Waals surface area contributed by atoms with Gasteiger partial charge in [-0.2, -0.15) is 0 Å². The fraction of sp³-hybridized carbons (Fsp3) is 0.474. The summed E-state index contributed by atoms with van der Waals surface area (Å²) in [6, 6.07) is 7.96. The number of likely N-dealkylation sites (tertiary alicyclic amines) is 2. The molecule has 2 heterocycles. The first-order valence-corrected chi connectivity index (χ1v) is 8.89. The number of hydrogen-bond donors (Lipinski definition) is 0. The molecule has 0 N–H and O–H groups in total. The van der Waals surface area contributed by atoms with E-state index in [1.807, 2.05) is 17.0 Å². The van der Waals surface area contributed by atoms with Gasteiger partial charge in [0.1, 0.15) is 0 Å². The van der Waals surface area contributed by atoms with Crippen LogP contribution >= 0.6 is 11.6 Å². The highest BCUT2D eigenvalue weighted by molar-refractivity contribution is 6.30. The van der Waals surface area contributed by atoms with Gasteiger partial charge >= 0.3 is 0 Å². The SMILES string of the molecule is C=CC(=O)N1CC(C(=O)N2CCCC(Cc3ccc(Cl)cc3)C2)C1. The van der Waals surface area contributed by atoms with Gasteiger partial charge in [0.2, 0.25) is 11.8 Å². The minimum atomic E-state index is -0.0849. The highest BCUT2D eigenvalue weighted by Crippen LogP contribution is 2.25. The summed E-state index contributed by atoms with van der Waals surface area (Å²) in [6.45, 7) is 6.19. The van der Waals surface area contributed by atoms with Crippen molar-refractivity contribution < 1.29 is 9.59 Å². The van der Waals surface area contributed by atoms with Crippen molar-refractivity contribution in [3.05, 3.63) is 47.5 Å². The Morgan fingerprint density at radius 2 is 1.88 bits per heavy atom. The second-order valence-electron chi connectivity index (χ2n) is 6.77. The van der Waals surface area contributed by atoms with E-state index in [1.54, 1.807) is 4.90 Å². The largest absolute Gasteiger partial charge is 0.342 e. The van der Waals surface area contributed by atoms with Crippen LogP contribution in [0.5, 0.6) is 0 Å². The van der Waals surface area contributed by atoms with E-state index in [1.165, 1.54) is 11.6 Å². The van der Waals surface area contributed by atoms with E-state index in [0.717, 1.165) is 37.4 Å². The molecule has 3 rings (SSSR count). The van der Waals surface area contributed by atoms with Crippen LogP contribution in [0.1, 0.15) is 18.4 Å². The van der Waals surface area contributed by atoms with Gasteiger partial charge in [-0.15, -0.1) is 0 Å². The van der Waals surface area contributed by atoms with Crippen molar-refractivity contribution in [3.8, 4) is 0 Å². The molecule has 2 amide bonds. The summed E-state index contributed by atoms with van der Waals surface area (Å²) < 4.78 is 0. The molecule has 0 saturated carbocycles. The molecule has 1 atom stereocenters. The standard InChI is InChI=1S/C19H23ClN2O2/c1-2-18(23)22-12-16(13-22)19(24)21-9-3-4-15(11-21)10-14-5-7-17(20)8-6-14/h2,5-8,15-16H,1,3-4,9-13H2. The fourth-order valence-electron chi connectivity index (χ4n) is 3.59. The molecule has 0 spiro atoms. The smallest absolute Gasteiger partial charge is 0.246 e. The van der Waals surface area contributed by atoms with Gasteiger partial charge in [0.15, 0.2) is 0 Å². The maximum absolute atomic E-state index is 12.6. The molecule has 128 valence electrons. The summed E-state index contributed by atoms with van der Waals surface area (Å²) in [7, 11) is 0. The molecule has 2 aliphatic rings. The Balaban J connectivity index is 1.52. The molecule has 1 unspecified atom stereocenters. The van der Waals surface area contributed by atoms with Crippen molar-refractivity contribution in [3.63, 3.8) is 0 Å². The van der Waals surface area contributed by atoms with Crippen molar-refractivity contribution in [2.24, 2.45) is 11.8 Å². The van der Waals surface area contributed by atoms with Crippen LogP contribution in [-0.4, -0.2) is 47.8 Å². The monoisotopic (exact) mass is 346 g/mol. The van der Waals surface area contributed by atoms with E-state index < -0.39 is 0 Å². The fourth-order valence-corrected chi connectivity index (χ4v) is 3.71. The molecule has 1 aromatic carbocycles. The molecule has 0 radical (unpaired) electrons. The number of piperidine rings is 1. The van der Waals surface area contributed by atoms with E-state index in [2.05, 4.69) is 18.7 Å². The first-order chi connectivity index (χ1) is 11.6. The van der Waals surface area contributed by atoms with E-state index in [-0.39, 0.29) is 17.7 Å².